The summed E-state index contributed by atoms with van der Waals surface area (Å²) in [5.41, 5.74) is 1.59. The van der Waals surface area contributed by atoms with E-state index in [0.29, 0.717) is 5.69 Å². The fourth-order valence-electron chi connectivity index (χ4n) is 2.56. The van der Waals surface area contributed by atoms with Crippen LogP contribution in [0.2, 0.25) is 0 Å². The molecule has 7 heteroatoms. The molecule has 0 aliphatic heterocycles. The second-order valence-corrected chi connectivity index (χ2v) is 5.66. The SMILES string of the molecule is CCOC(=O)c1ccccc1NC(=O)COC(=O)c1cc2ccccc2[nH]1. The molecule has 0 fully saturated rings. The van der Waals surface area contributed by atoms with Gasteiger partial charge in [-0.05, 0) is 31.2 Å². The number of hydrogen-bond donors (Lipinski definition) is 2. The van der Waals surface area contributed by atoms with Gasteiger partial charge in [-0.2, -0.15) is 0 Å². The predicted molar refractivity (Wildman–Crippen MR) is 99.6 cm³/mol. The molecule has 1 amide bonds. The van der Waals surface area contributed by atoms with Crippen molar-refractivity contribution in [3.05, 3.63) is 65.9 Å². The molecule has 0 bridgehead atoms. The summed E-state index contributed by atoms with van der Waals surface area (Å²) in [4.78, 5) is 39.1. The van der Waals surface area contributed by atoms with E-state index in [9.17, 15) is 14.4 Å². The summed E-state index contributed by atoms with van der Waals surface area (Å²) in [5.74, 6) is -1.74. The summed E-state index contributed by atoms with van der Waals surface area (Å²) in [6.45, 7) is 1.44. The number of esters is 2. The van der Waals surface area contributed by atoms with Gasteiger partial charge in [-0.1, -0.05) is 30.3 Å². The number of hydrogen-bond acceptors (Lipinski definition) is 5. The van der Waals surface area contributed by atoms with Gasteiger partial charge in [0.1, 0.15) is 5.69 Å². The Kier molecular flexibility index (Phi) is 5.51. The Bertz CT molecular complexity index is 960. The zero-order valence-corrected chi connectivity index (χ0v) is 14.7. The number of para-hydroxylation sites is 2. The molecule has 0 saturated carbocycles. The topological polar surface area (TPSA) is 97.5 Å². The molecule has 2 aromatic carbocycles. The number of carbonyl (C=O) groups is 3. The van der Waals surface area contributed by atoms with Crippen LogP contribution in [0.3, 0.4) is 0 Å². The first-order valence-corrected chi connectivity index (χ1v) is 8.39. The van der Waals surface area contributed by atoms with Gasteiger partial charge in [-0.15, -0.1) is 0 Å². The molecule has 7 nitrogen and oxygen atoms in total. The van der Waals surface area contributed by atoms with Crippen molar-refractivity contribution in [3.8, 4) is 0 Å². The number of H-pyrrole nitrogens is 1. The van der Waals surface area contributed by atoms with E-state index in [1.165, 1.54) is 0 Å². The molecule has 1 aromatic heterocycles. The van der Waals surface area contributed by atoms with E-state index in [1.54, 1.807) is 37.3 Å². The first kappa shape index (κ1) is 18.2. The van der Waals surface area contributed by atoms with Crippen LogP contribution in [0.4, 0.5) is 5.69 Å². The minimum absolute atomic E-state index is 0.225. The highest BCUT2D eigenvalue weighted by atomic mass is 16.5. The Labute approximate surface area is 155 Å². The van der Waals surface area contributed by atoms with Crippen LogP contribution in [-0.4, -0.2) is 36.0 Å². The van der Waals surface area contributed by atoms with E-state index < -0.39 is 24.5 Å². The number of ether oxygens (including phenoxy) is 2. The zero-order chi connectivity index (χ0) is 19.2. The van der Waals surface area contributed by atoms with Crippen LogP contribution in [0, 0.1) is 0 Å². The molecule has 2 N–H and O–H groups in total. The third-order valence-electron chi connectivity index (χ3n) is 3.78. The standard InChI is InChI=1S/C20H18N2O5/c1-2-26-19(24)14-8-4-6-10-16(14)22-18(23)12-27-20(25)17-11-13-7-3-5-9-15(13)21-17/h3-11,21H,2,12H2,1H3,(H,22,23). The van der Waals surface area contributed by atoms with Crippen molar-refractivity contribution in [1.82, 2.24) is 4.98 Å². The summed E-state index contributed by atoms with van der Waals surface area (Å²) in [6.07, 6.45) is 0. The quantitative estimate of drug-likeness (QED) is 0.653. The van der Waals surface area contributed by atoms with Crippen LogP contribution in [0.5, 0.6) is 0 Å². The van der Waals surface area contributed by atoms with Crippen LogP contribution in [-0.2, 0) is 14.3 Å². The van der Waals surface area contributed by atoms with Gasteiger partial charge in [-0.25, -0.2) is 9.59 Å². The summed E-state index contributed by atoms with van der Waals surface area (Å²) in [6, 6.07) is 15.5. The highest BCUT2D eigenvalue weighted by molar-refractivity contribution is 6.02. The van der Waals surface area contributed by atoms with Crippen molar-refractivity contribution in [2.45, 2.75) is 6.92 Å². The lowest BCUT2D eigenvalue weighted by Crippen LogP contribution is -2.22. The Morgan fingerprint density at radius 1 is 0.963 bits per heavy atom. The molecule has 0 unspecified atom stereocenters. The Morgan fingerprint density at radius 2 is 1.70 bits per heavy atom. The Hall–Kier alpha value is -3.61. The molecule has 0 radical (unpaired) electrons. The first-order chi connectivity index (χ1) is 13.1. The van der Waals surface area contributed by atoms with Gasteiger partial charge in [-0.3, -0.25) is 4.79 Å². The zero-order valence-electron chi connectivity index (χ0n) is 14.7. The third-order valence-corrected chi connectivity index (χ3v) is 3.78. The fraction of sp³-hybridized carbons (Fsp3) is 0.150. The molecule has 0 aliphatic rings. The second-order valence-electron chi connectivity index (χ2n) is 5.66. The van der Waals surface area contributed by atoms with E-state index >= 15 is 0 Å². The largest absolute Gasteiger partial charge is 0.462 e. The number of benzene rings is 2. The van der Waals surface area contributed by atoms with E-state index in [0.717, 1.165) is 10.9 Å². The number of nitrogens with one attached hydrogen (secondary N) is 2. The molecule has 0 saturated heterocycles. The number of amides is 1. The fourth-order valence-corrected chi connectivity index (χ4v) is 2.56. The molecule has 3 rings (SSSR count). The number of anilines is 1. The Morgan fingerprint density at radius 3 is 2.48 bits per heavy atom. The molecule has 138 valence electrons. The maximum Gasteiger partial charge on any atom is 0.355 e. The summed E-state index contributed by atoms with van der Waals surface area (Å²) in [5, 5.41) is 3.43. The second kappa shape index (κ2) is 8.18. The number of fused-ring (bicyclic) bond motifs is 1. The summed E-state index contributed by atoms with van der Waals surface area (Å²) >= 11 is 0. The number of carbonyl (C=O) groups excluding carboxylic acids is 3. The van der Waals surface area contributed by atoms with Gasteiger partial charge >= 0.3 is 11.9 Å². The Balaban J connectivity index is 1.61. The van der Waals surface area contributed by atoms with Gasteiger partial charge in [0, 0.05) is 10.9 Å². The van der Waals surface area contributed by atoms with Gasteiger partial charge in [0.25, 0.3) is 5.91 Å². The van der Waals surface area contributed by atoms with Crippen LogP contribution in [0.15, 0.2) is 54.6 Å². The maximum atomic E-state index is 12.1. The van der Waals surface area contributed by atoms with Crippen molar-refractivity contribution < 1.29 is 23.9 Å². The van der Waals surface area contributed by atoms with Crippen molar-refractivity contribution in [1.29, 1.82) is 0 Å². The van der Waals surface area contributed by atoms with Crippen molar-refractivity contribution in [2.24, 2.45) is 0 Å². The number of rotatable bonds is 6. The lowest BCUT2D eigenvalue weighted by atomic mass is 10.2. The highest BCUT2D eigenvalue weighted by Gasteiger charge is 2.16. The minimum atomic E-state index is -0.639. The van der Waals surface area contributed by atoms with Gasteiger partial charge in [0.2, 0.25) is 0 Å². The first-order valence-electron chi connectivity index (χ1n) is 8.39. The molecular formula is C20H18N2O5. The molecule has 0 aliphatic carbocycles. The highest BCUT2D eigenvalue weighted by Crippen LogP contribution is 2.17. The smallest absolute Gasteiger partial charge is 0.355 e. The minimum Gasteiger partial charge on any atom is -0.462 e. The third kappa shape index (κ3) is 4.33. The van der Waals surface area contributed by atoms with Gasteiger partial charge in [0.15, 0.2) is 6.61 Å². The number of aromatic amines is 1. The van der Waals surface area contributed by atoms with Crippen LogP contribution < -0.4 is 5.32 Å². The molecule has 27 heavy (non-hydrogen) atoms. The number of aromatic nitrogens is 1. The monoisotopic (exact) mass is 366 g/mol. The molecular weight excluding hydrogens is 348 g/mol. The summed E-state index contributed by atoms with van der Waals surface area (Å²) in [7, 11) is 0. The lowest BCUT2D eigenvalue weighted by molar-refractivity contribution is -0.119. The van der Waals surface area contributed by atoms with Gasteiger partial charge < -0.3 is 19.8 Å². The molecule has 3 aromatic rings. The van der Waals surface area contributed by atoms with E-state index in [-0.39, 0.29) is 17.9 Å². The maximum absolute atomic E-state index is 12.1. The molecule has 0 atom stereocenters. The van der Waals surface area contributed by atoms with Gasteiger partial charge in [0.05, 0.1) is 17.9 Å². The molecule has 0 spiro atoms. The van der Waals surface area contributed by atoms with Crippen LogP contribution in [0.1, 0.15) is 27.8 Å². The van der Waals surface area contributed by atoms with Crippen molar-refractivity contribution in [2.75, 3.05) is 18.5 Å². The van der Waals surface area contributed by atoms with Crippen LogP contribution in [0.25, 0.3) is 10.9 Å². The normalized spacial score (nSPS) is 10.4. The van der Waals surface area contributed by atoms with Crippen molar-refractivity contribution in [3.63, 3.8) is 0 Å². The average Bonchev–Trinajstić information content (AvgIpc) is 3.11. The lowest BCUT2D eigenvalue weighted by Gasteiger charge is -2.10. The van der Waals surface area contributed by atoms with E-state index in [4.69, 9.17) is 9.47 Å². The van der Waals surface area contributed by atoms with Crippen LogP contribution >= 0.6 is 0 Å². The summed E-state index contributed by atoms with van der Waals surface area (Å²) < 4.78 is 10.00. The molecule has 1 heterocycles. The van der Waals surface area contributed by atoms with Crippen molar-refractivity contribution >= 4 is 34.4 Å². The van der Waals surface area contributed by atoms with E-state index in [1.807, 2.05) is 24.3 Å². The van der Waals surface area contributed by atoms with E-state index in [2.05, 4.69) is 10.3 Å². The predicted octanol–water partition coefficient (Wildman–Crippen LogP) is 3.14. The average molecular weight is 366 g/mol.